The number of hydrogen-bond acceptors (Lipinski definition) is 5. The molecule has 0 radical (unpaired) electrons. The summed E-state index contributed by atoms with van der Waals surface area (Å²) in [4.78, 5) is 29.5. The first-order valence-electron chi connectivity index (χ1n) is 11.0. The summed E-state index contributed by atoms with van der Waals surface area (Å²) >= 11 is 6.27. The van der Waals surface area contributed by atoms with Crippen LogP contribution in [0.1, 0.15) is 47.1 Å². The van der Waals surface area contributed by atoms with Crippen molar-refractivity contribution >= 4 is 29.2 Å². The molecule has 0 atom stereocenters. The van der Waals surface area contributed by atoms with Gasteiger partial charge >= 0.3 is 5.97 Å². The Hall–Kier alpha value is -2.54. The second-order valence-corrected chi connectivity index (χ2v) is 8.52. The number of aromatic nitrogens is 2. The first-order valence-corrected chi connectivity index (χ1v) is 11.4. The third-order valence-electron chi connectivity index (χ3n) is 6.22. The van der Waals surface area contributed by atoms with Gasteiger partial charge in [0, 0.05) is 48.1 Å². The average molecular weight is 445 g/mol. The number of halogens is 1. The lowest BCUT2D eigenvalue weighted by Gasteiger charge is -2.37. The molecule has 1 saturated heterocycles. The summed E-state index contributed by atoms with van der Waals surface area (Å²) in [5.41, 5.74) is 4.54. The lowest BCUT2D eigenvalue weighted by atomic mass is 9.95. The number of nitrogens with zero attached hydrogens (tertiary/aromatic N) is 4. The maximum absolute atomic E-state index is 13.0. The van der Waals surface area contributed by atoms with Crippen LogP contribution in [0, 0.1) is 6.92 Å². The van der Waals surface area contributed by atoms with Gasteiger partial charge in [-0.05, 0) is 57.2 Å². The maximum atomic E-state index is 13.0. The van der Waals surface area contributed by atoms with Gasteiger partial charge in [-0.15, -0.1) is 0 Å². The average Bonchev–Trinajstić information content (AvgIpc) is 3.14. The highest BCUT2D eigenvalue weighted by atomic mass is 35.5. The highest BCUT2D eigenvalue weighted by Gasteiger charge is 2.28. The molecule has 2 aromatic rings. The number of esters is 1. The van der Waals surface area contributed by atoms with Gasteiger partial charge < -0.3 is 14.5 Å². The largest absolute Gasteiger partial charge is 0.461 e. The summed E-state index contributed by atoms with van der Waals surface area (Å²) in [5, 5.41) is 5.26. The zero-order chi connectivity index (χ0) is 22.0. The third kappa shape index (κ3) is 4.42. The van der Waals surface area contributed by atoms with Crippen LogP contribution in [0.5, 0.6) is 0 Å². The Labute approximate surface area is 187 Å². The molecular formula is C23H29ClN4O3. The van der Waals surface area contributed by atoms with Gasteiger partial charge in [-0.3, -0.25) is 9.48 Å². The van der Waals surface area contributed by atoms with Gasteiger partial charge in [0.1, 0.15) is 6.54 Å². The van der Waals surface area contributed by atoms with Crippen molar-refractivity contribution in [3.8, 4) is 0 Å². The molecule has 2 aliphatic rings. The van der Waals surface area contributed by atoms with Crippen LogP contribution < -0.4 is 4.90 Å². The first-order chi connectivity index (χ1) is 15.0. The van der Waals surface area contributed by atoms with Crippen LogP contribution in [0.2, 0.25) is 5.02 Å². The SMILES string of the molecule is CCOC(=O)c1nn(CC(=O)N2CCN(c3cccc(Cl)c3C)CC2)c2c1CCCC2. The van der Waals surface area contributed by atoms with Gasteiger partial charge in [0.05, 0.1) is 6.61 Å². The lowest BCUT2D eigenvalue weighted by molar-refractivity contribution is -0.132. The quantitative estimate of drug-likeness (QED) is 0.662. The van der Waals surface area contributed by atoms with Crippen LogP contribution in [-0.4, -0.2) is 59.3 Å². The molecule has 4 rings (SSSR count). The van der Waals surface area contributed by atoms with E-state index in [-0.39, 0.29) is 12.5 Å². The minimum Gasteiger partial charge on any atom is -0.461 e. The van der Waals surface area contributed by atoms with Gasteiger partial charge in [0.15, 0.2) is 5.69 Å². The second-order valence-electron chi connectivity index (χ2n) is 8.11. The predicted molar refractivity (Wildman–Crippen MR) is 120 cm³/mol. The number of benzene rings is 1. The van der Waals surface area contributed by atoms with Crippen molar-refractivity contribution in [2.45, 2.75) is 46.1 Å². The molecular weight excluding hydrogens is 416 g/mol. The van der Waals surface area contributed by atoms with E-state index in [1.807, 2.05) is 24.0 Å². The summed E-state index contributed by atoms with van der Waals surface area (Å²) < 4.78 is 6.91. The van der Waals surface area contributed by atoms with Crippen molar-refractivity contribution in [3.63, 3.8) is 0 Å². The highest BCUT2D eigenvalue weighted by Crippen LogP contribution is 2.28. The van der Waals surface area contributed by atoms with E-state index in [1.54, 1.807) is 11.6 Å². The third-order valence-corrected chi connectivity index (χ3v) is 6.63. The van der Waals surface area contributed by atoms with Crippen molar-refractivity contribution in [1.29, 1.82) is 0 Å². The zero-order valence-electron chi connectivity index (χ0n) is 18.2. The Balaban J connectivity index is 1.44. The van der Waals surface area contributed by atoms with Gasteiger partial charge in [-0.2, -0.15) is 5.10 Å². The monoisotopic (exact) mass is 444 g/mol. The van der Waals surface area contributed by atoms with Gasteiger partial charge in [0.25, 0.3) is 0 Å². The fraction of sp³-hybridized carbons (Fsp3) is 0.522. The van der Waals surface area contributed by atoms with Gasteiger partial charge in [0.2, 0.25) is 5.91 Å². The molecule has 166 valence electrons. The van der Waals surface area contributed by atoms with Crippen LogP contribution in [0.25, 0.3) is 0 Å². The zero-order valence-corrected chi connectivity index (χ0v) is 19.0. The molecule has 0 N–H and O–H groups in total. The number of fused-ring (bicyclic) bond motifs is 1. The minimum atomic E-state index is -0.391. The van der Waals surface area contributed by atoms with Crippen molar-refractivity contribution in [2.24, 2.45) is 0 Å². The standard InChI is InChI=1S/C23H29ClN4O3/c1-3-31-23(30)22-17-7-4-5-9-20(17)28(25-22)15-21(29)27-13-11-26(12-14-27)19-10-6-8-18(24)16(19)2/h6,8,10H,3-5,7,9,11-15H2,1-2H3. The lowest BCUT2D eigenvalue weighted by Crippen LogP contribution is -2.50. The Bertz CT molecular complexity index is 979. The van der Waals surface area contributed by atoms with Crippen molar-refractivity contribution in [3.05, 3.63) is 45.7 Å². The van der Waals surface area contributed by atoms with E-state index >= 15 is 0 Å². The predicted octanol–water partition coefficient (Wildman–Crippen LogP) is 3.25. The number of ether oxygens (including phenoxy) is 1. The number of carbonyl (C=O) groups excluding carboxylic acids is 2. The molecule has 0 bridgehead atoms. The molecule has 31 heavy (non-hydrogen) atoms. The fourth-order valence-electron chi connectivity index (χ4n) is 4.53. The molecule has 2 heterocycles. The minimum absolute atomic E-state index is 0.0359. The van der Waals surface area contributed by atoms with Crippen molar-refractivity contribution in [2.75, 3.05) is 37.7 Å². The highest BCUT2D eigenvalue weighted by molar-refractivity contribution is 6.31. The molecule has 0 spiro atoms. The Kier molecular flexibility index (Phi) is 6.51. The summed E-state index contributed by atoms with van der Waals surface area (Å²) in [6, 6.07) is 5.94. The van der Waals surface area contributed by atoms with Crippen LogP contribution >= 0.6 is 11.6 Å². The number of rotatable bonds is 5. The molecule has 1 aliphatic heterocycles. The first kappa shape index (κ1) is 21.7. The number of piperazine rings is 1. The van der Waals surface area contributed by atoms with Crippen LogP contribution in [0.4, 0.5) is 5.69 Å². The topological polar surface area (TPSA) is 67.7 Å². The molecule has 0 unspecified atom stereocenters. The summed E-state index contributed by atoms with van der Waals surface area (Å²) in [7, 11) is 0. The summed E-state index contributed by atoms with van der Waals surface area (Å²) in [5.74, 6) is -0.355. The maximum Gasteiger partial charge on any atom is 0.359 e. The molecule has 1 aromatic carbocycles. The van der Waals surface area contributed by atoms with Crippen molar-refractivity contribution < 1.29 is 14.3 Å². The van der Waals surface area contributed by atoms with Crippen molar-refractivity contribution in [1.82, 2.24) is 14.7 Å². The molecule has 8 heteroatoms. The normalized spacial score (nSPS) is 16.2. The van der Waals surface area contributed by atoms with Crippen LogP contribution in [0.15, 0.2) is 18.2 Å². The van der Waals surface area contributed by atoms with E-state index in [0.29, 0.717) is 25.4 Å². The fourth-order valence-corrected chi connectivity index (χ4v) is 4.70. The molecule has 7 nitrogen and oxygen atoms in total. The Morgan fingerprint density at radius 2 is 1.87 bits per heavy atom. The summed E-state index contributed by atoms with van der Waals surface area (Å²) in [6.07, 6.45) is 3.74. The van der Waals surface area contributed by atoms with E-state index < -0.39 is 5.97 Å². The van der Waals surface area contributed by atoms with Gasteiger partial charge in [-0.25, -0.2) is 4.79 Å². The smallest absolute Gasteiger partial charge is 0.359 e. The van der Waals surface area contributed by atoms with E-state index in [1.165, 1.54) is 0 Å². The van der Waals surface area contributed by atoms with Crippen LogP contribution in [0.3, 0.4) is 0 Å². The molecule has 1 aromatic heterocycles. The molecule has 1 amide bonds. The summed E-state index contributed by atoms with van der Waals surface area (Å²) in [6.45, 7) is 7.12. The van der Waals surface area contributed by atoms with Crippen LogP contribution in [-0.2, 0) is 28.9 Å². The molecule has 1 aliphatic carbocycles. The van der Waals surface area contributed by atoms with E-state index in [9.17, 15) is 9.59 Å². The Morgan fingerprint density at radius 3 is 2.61 bits per heavy atom. The second kappa shape index (κ2) is 9.30. The van der Waals surface area contributed by atoms with E-state index in [0.717, 1.165) is 66.3 Å². The number of hydrogen-bond donors (Lipinski definition) is 0. The molecule has 0 saturated carbocycles. The Morgan fingerprint density at radius 1 is 1.13 bits per heavy atom. The number of anilines is 1. The van der Waals surface area contributed by atoms with Gasteiger partial charge in [-0.1, -0.05) is 17.7 Å². The number of amides is 1. The van der Waals surface area contributed by atoms with E-state index in [4.69, 9.17) is 16.3 Å². The number of carbonyl (C=O) groups is 2. The molecule has 1 fully saturated rings. The van der Waals surface area contributed by atoms with E-state index in [2.05, 4.69) is 16.1 Å².